The van der Waals surface area contributed by atoms with Crippen LogP contribution in [0.1, 0.15) is 6.92 Å². The molecule has 0 bridgehead atoms. The summed E-state index contributed by atoms with van der Waals surface area (Å²) in [6.07, 6.45) is -17.1. The second-order valence-corrected chi connectivity index (χ2v) is 4.34. The van der Waals surface area contributed by atoms with E-state index in [2.05, 4.69) is 0 Å². The van der Waals surface area contributed by atoms with Crippen LogP contribution < -0.4 is 0 Å². The van der Waals surface area contributed by atoms with E-state index in [1.54, 1.807) is 0 Å². The van der Waals surface area contributed by atoms with Crippen LogP contribution in [0, 0.1) is 11.8 Å². The van der Waals surface area contributed by atoms with Gasteiger partial charge in [-0.15, -0.1) is 0 Å². The highest BCUT2D eigenvalue weighted by atomic mass is 19.4. The minimum absolute atomic E-state index is 0.115. The Bertz CT molecular complexity index is 489. The van der Waals surface area contributed by atoms with Gasteiger partial charge in [0, 0.05) is 11.1 Å². The van der Waals surface area contributed by atoms with Crippen LogP contribution in [0.4, 0.5) is 39.5 Å². The molecule has 0 saturated heterocycles. The van der Waals surface area contributed by atoms with Gasteiger partial charge in [0.15, 0.2) is 5.78 Å². The zero-order chi connectivity index (χ0) is 16.8. The molecule has 0 aromatic rings. The van der Waals surface area contributed by atoms with Crippen LogP contribution in [0.15, 0.2) is 23.3 Å². The van der Waals surface area contributed by atoms with Gasteiger partial charge in [-0.05, 0) is 6.92 Å². The van der Waals surface area contributed by atoms with Gasteiger partial charge >= 0.3 is 18.5 Å². The summed E-state index contributed by atoms with van der Waals surface area (Å²) in [6, 6.07) is 0. The highest BCUT2D eigenvalue weighted by molar-refractivity contribution is 5.95. The fourth-order valence-corrected chi connectivity index (χ4v) is 1.92. The first kappa shape index (κ1) is 17.6. The molecule has 0 fully saturated rings. The summed E-state index contributed by atoms with van der Waals surface area (Å²) in [5, 5.41) is 0. The molecule has 0 saturated carbocycles. The van der Waals surface area contributed by atoms with E-state index >= 15 is 0 Å². The Morgan fingerprint density at radius 3 is 1.67 bits per heavy atom. The quantitative estimate of drug-likeness (QED) is 0.517. The Balaban J connectivity index is 3.54. The van der Waals surface area contributed by atoms with Gasteiger partial charge in [-0.3, -0.25) is 4.79 Å². The predicted molar refractivity (Wildman–Crippen MR) is 52.0 cm³/mol. The van der Waals surface area contributed by atoms with Crippen LogP contribution in [0.3, 0.4) is 0 Å². The summed E-state index contributed by atoms with van der Waals surface area (Å²) < 4.78 is 114. The number of rotatable bonds is 1. The molecule has 1 aliphatic rings. The van der Waals surface area contributed by atoms with Crippen molar-refractivity contribution in [1.82, 2.24) is 0 Å². The fourth-order valence-electron chi connectivity index (χ4n) is 1.92. The maximum atomic E-state index is 12.7. The summed E-state index contributed by atoms with van der Waals surface area (Å²) in [7, 11) is 0. The molecule has 0 spiro atoms. The molecule has 10 heteroatoms. The zero-order valence-corrected chi connectivity index (χ0v) is 10.1. The second kappa shape index (κ2) is 5.06. The van der Waals surface area contributed by atoms with E-state index in [-0.39, 0.29) is 6.08 Å². The highest BCUT2D eigenvalue weighted by Gasteiger charge is 2.56. The van der Waals surface area contributed by atoms with E-state index in [0.717, 1.165) is 0 Å². The van der Waals surface area contributed by atoms with Crippen molar-refractivity contribution >= 4 is 5.78 Å². The zero-order valence-electron chi connectivity index (χ0n) is 10.1. The Hall–Kier alpha value is -1.48. The highest BCUT2D eigenvalue weighted by Crippen LogP contribution is 2.49. The van der Waals surface area contributed by atoms with Gasteiger partial charge < -0.3 is 0 Å². The maximum Gasteiger partial charge on any atom is 0.413 e. The average Bonchev–Trinajstić information content (AvgIpc) is 2.23. The Kier molecular flexibility index (Phi) is 4.23. The minimum atomic E-state index is -5.64. The first-order valence-corrected chi connectivity index (χ1v) is 5.30. The van der Waals surface area contributed by atoms with Crippen LogP contribution in [-0.2, 0) is 4.79 Å². The van der Waals surface area contributed by atoms with E-state index in [4.69, 9.17) is 0 Å². The lowest BCUT2D eigenvalue weighted by atomic mass is 9.79. The van der Waals surface area contributed by atoms with E-state index in [9.17, 15) is 44.3 Å². The van der Waals surface area contributed by atoms with Crippen molar-refractivity contribution in [3.63, 3.8) is 0 Å². The van der Waals surface area contributed by atoms with Crippen LogP contribution in [0.2, 0.25) is 0 Å². The molecule has 0 heterocycles. The number of allylic oxidation sites excluding steroid dienone is 4. The van der Waals surface area contributed by atoms with Gasteiger partial charge in [-0.25, -0.2) is 0 Å². The lowest BCUT2D eigenvalue weighted by molar-refractivity contribution is -0.183. The monoisotopic (exact) mass is 326 g/mol. The minimum Gasteiger partial charge on any atom is -0.295 e. The molecular formula is C11H7F9O. The number of carbonyl (C=O) groups is 1. The molecule has 0 N–H and O–H groups in total. The van der Waals surface area contributed by atoms with Crippen molar-refractivity contribution in [3.05, 3.63) is 23.3 Å². The van der Waals surface area contributed by atoms with Crippen LogP contribution in [0.5, 0.6) is 0 Å². The number of alkyl halides is 9. The maximum absolute atomic E-state index is 12.7. The van der Waals surface area contributed by atoms with Gasteiger partial charge in [-0.2, -0.15) is 39.5 Å². The fraction of sp³-hybridized carbons (Fsp3) is 0.545. The lowest BCUT2D eigenvalue weighted by Gasteiger charge is -2.31. The number of hydrogen-bond donors (Lipinski definition) is 0. The van der Waals surface area contributed by atoms with Crippen LogP contribution >= 0.6 is 0 Å². The van der Waals surface area contributed by atoms with E-state index in [1.165, 1.54) is 0 Å². The number of halogens is 9. The van der Waals surface area contributed by atoms with Crippen molar-refractivity contribution in [2.45, 2.75) is 25.5 Å². The molecule has 0 aliphatic heterocycles. The molecule has 2 unspecified atom stereocenters. The Labute approximate surface area is 112 Å². The first-order chi connectivity index (χ1) is 9.15. The molecule has 120 valence electrons. The molecule has 0 amide bonds. The van der Waals surface area contributed by atoms with Crippen LogP contribution in [-0.4, -0.2) is 24.3 Å². The SMILES string of the molecule is CC(=O)C1=CC(C(F)(F)F)C=C(C(F)(F)F)C1C(F)(F)F. The average molecular weight is 326 g/mol. The van der Waals surface area contributed by atoms with E-state index in [0.29, 0.717) is 6.92 Å². The number of ketones is 1. The normalized spacial score (nSPS) is 24.5. The van der Waals surface area contributed by atoms with E-state index in [1.807, 2.05) is 0 Å². The molecular weight excluding hydrogens is 319 g/mol. The summed E-state index contributed by atoms with van der Waals surface area (Å²) in [4.78, 5) is 11.1. The topological polar surface area (TPSA) is 17.1 Å². The Morgan fingerprint density at radius 1 is 0.905 bits per heavy atom. The molecule has 1 aliphatic carbocycles. The second-order valence-electron chi connectivity index (χ2n) is 4.34. The van der Waals surface area contributed by atoms with Crippen molar-refractivity contribution in [2.75, 3.05) is 0 Å². The molecule has 0 aromatic heterocycles. The van der Waals surface area contributed by atoms with Crippen molar-refractivity contribution in [3.8, 4) is 0 Å². The predicted octanol–water partition coefficient (Wildman–Crippen LogP) is 4.36. The smallest absolute Gasteiger partial charge is 0.295 e. The van der Waals surface area contributed by atoms with Crippen molar-refractivity contribution < 1.29 is 44.3 Å². The molecule has 0 radical (unpaired) electrons. The molecule has 21 heavy (non-hydrogen) atoms. The van der Waals surface area contributed by atoms with Gasteiger partial charge in [0.05, 0.1) is 5.92 Å². The number of Topliss-reactive ketones (excluding diaryl/α,β-unsaturated/α-hetero) is 1. The molecule has 0 aromatic carbocycles. The molecule has 1 rings (SSSR count). The first-order valence-electron chi connectivity index (χ1n) is 5.30. The van der Waals surface area contributed by atoms with Gasteiger partial charge in [0.25, 0.3) is 0 Å². The van der Waals surface area contributed by atoms with Crippen LogP contribution in [0.25, 0.3) is 0 Å². The van der Waals surface area contributed by atoms with Crippen molar-refractivity contribution in [1.29, 1.82) is 0 Å². The standard InChI is InChI=1S/C11H7F9O/c1-4(21)6-2-5(9(12,13)14)3-7(10(15,16)17)8(6)11(18,19)20/h2-3,5,8H,1H3. The van der Waals surface area contributed by atoms with E-state index < -0.39 is 53.4 Å². The van der Waals surface area contributed by atoms with Gasteiger partial charge in [0.2, 0.25) is 0 Å². The summed E-state index contributed by atoms with van der Waals surface area (Å²) in [6.45, 7) is 0.483. The largest absolute Gasteiger partial charge is 0.413 e. The summed E-state index contributed by atoms with van der Waals surface area (Å²) in [5.74, 6) is -7.80. The Morgan fingerprint density at radius 2 is 1.38 bits per heavy atom. The molecule has 1 nitrogen and oxygen atoms in total. The third-order valence-electron chi connectivity index (χ3n) is 2.78. The summed E-state index contributed by atoms with van der Waals surface area (Å²) in [5.41, 5.74) is -3.98. The lowest BCUT2D eigenvalue weighted by Crippen LogP contribution is -2.39. The summed E-state index contributed by atoms with van der Waals surface area (Å²) >= 11 is 0. The third-order valence-corrected chi connectivity index (χ3v) is 2.78. The number of hydrogen-bond acceptors (Lipinski definition) is 1. The van der Waals surface area contributed by atoms with Gasteiger partial charge in [-0.1, -0.05) is 12.2 Å². The van der Waals surface area contributed by atoms with Gasteiger partial charge in [0.1, 0.15) is 5.92 Å². The molecule has 2 atom stereocenters. The van der Waals surface area contributed by atoms with Crippen molar-refractivity contribution in [2.24, 2.45) is 11.8 Å². The number of carbonyl (C=O) groups excluding carboxylic acids is 1. The third kappa shape index (κ3) is 3.79.